The second-order valence-electron chi connectivity index (χ2n) is 10.4. The first-order valence-electron chi connectivity index (χ1n) is 13.2. The number of fused-ring (bicyclic) bond motifs is 3. The molecule has 39 heavy (non-hydrogen) atoms. The molecule has 1 heterocycles. The molecule has 3 aromatic carbocycles. The molecule has 0 bridgehead atoms. The number of para-hydroxylation sites is 1. The summed E-state index contributed by atoms with van der Waals surface area (Å²) in [7, 11) is -3.97. The van der Waals surface area contributed by atoms with Gasteiger partial charge in [-0.1, -0.05) is 86.7 Å². The molecule has 1 aliphatic heterocycles. The number of carbonyl (C=O) groups is 1. The van der Waals surface area contributed by atoms with Gasteiger partial charge in [-0.25, -0.2) is 0 Å². The molecule has 3 aromatic rings. The molecule has 1 N–H and O–H groups in total. The number of unbranched alkanes of at least 4 members (excludes halogenated alkanes) is 1. The average molecular weight is 545 g/mol. The minimum absolute atomic E-state index is 0.0516. The maximum atomic E-state index is 12.1. The summed E-state index contributed by atoms with van der Waals surface area (Å²) in [6.07, 6.45) is 12.7. The first-order valence-corrected chi connectivity index (χ1v) is 14.8. The predicted octanol–water partition coefficient (Wildman–Crippen LogP) is 6.65. The topological polar surface area (TPSA) is 77.9 Å². The predicted molar refractivity (Wildman–Crippen MR) is 161 cm³/mol. The number of anilines is 2. The van der Waals surface area contributed by atoms with Gasteiger partial charge in [0.2, 0.25) is 5.91 Å². The van der Waals surface area contributed by atoms with Crippen LogP contribution in [0.25, 0.3) is 10.8 Å². The van der Waals surface area contributed by atoms with Crippen LogP contribution in [-0.2, 0) is 20.3 Å². The molecule has 1 atom stereocenters. The van der Waals surface area contributed by atoms with Crippen molar-refractivity contribution in [3.8, 4) is 0 Å². The summed E-state index contributed by atoms with van der Waals surface area (Å²) in [5.74, 6) is -0.297. The van der Waals surface area contributed by atoms with E-state index in [1.807, 2.05) is 60.7 Å². The number of amides is 1. The number of nitrogens with zero attached hydrogens (tertiary/aromatic N) is 2. The Morgan fingerprint density at radius 2 is 1.64 bits per heavy atom. The van der Waals surface area contributed by atoms with Gasteiger partial charge in [0.1, 0.15) is 0 Å². The lowest BCUT2D eigenvalue weighted by Crippen LogP contribution is -2.40. The number of hydrogen-bond acceptors (Lipinski definition) is 4. The Balaban J connectivity index is 1.56. The van der Waals surface area contributed by atoms with Crippen LogP contribution in [0.2, 0.25) is 0 Å². The third-order valence-corrected chi connectivity index (χ3v) is 8.03. The fourth-order valence-corrected chi connectivity index (χ4v) is 6.00. The van der Waals surface area contributed by atoms with Gasteiger partial charge in [-0.15, -0.1) is 0 Å². The van der Waals surface area contributed by atoms with E-state index in [2.05, 4.69) is 55.2 Å². The zero-order valence-corrected chi connectivity index (χ0v) is 23.5. The smallest absolute Gasteiger partial charge is 0.264 e. The largest absolute Gasteiger partial charge is 0.364 e. The van der Waals surface area contributed by atoms with Gasteiger partial charge in [-0.3, -0.25) is 14.2 Å². The summed E-state index contributed by atoms with van der Waals surface area (Å²) in [6.45, 7) is 6.71. The van der Waals surface area contributed by atoms with E-state index in [-0.39, 0.29) is 23.1 Å². The van der Waals surface area contributed by atoms with Crippen LogP contribution in [0, 0.1) is 0 Å². The molecule has 4 rings (SSSR count). The van der Waals surface area contributed by atoms with Crippen LogP contribution in [0.5, 0.6) is 0 Å². The Labute approximate surface area is 231 Å². The Morgan fingerprint density at radius 1 is 0.949 bits per heavy atom. The van der Waals surface area contributed by atoms with Gasteiger partial charge in [0.25, 0.3) is 10.1 Å². The average Bonchev–Trinajstić information content (AvgIpc) is 3.11. The van der Waals surface area contributed by atoms with E-state index < -0.39 is 10.1 Å². The van der Waals surface area contributed by atoms with Gasteiger partial charge in [0.15, 0.2) is 0 Å². The van der Waals surface area contributed by atoms with Crippen LogP contribution in [0.4, 0.5) is 11.4 Å². The maximum Gasteiger partial charge on any atom is 0.264 e. The Morgan fingerprint density at radius 3 is 2.36 bits per heavy atom. The number of benzene rings is 3. The van der Waals surface area contributed by atoms with Crippen molar-refractivity contribution in [3.05, 3.63) is 109 Å². The van der Waals surface area contributed by atoms with Gasteiger partial charge in [0, 0.05) is 36.5 Å². The summed E-state index contributed by atoms with van der Waals surface area (Å²) in [5, 5.41) is 2.42. The van der Waals surface area contributed by atoms with Crippen LogP contribution in [0.15, 0.2) is 103 Å². The molecule has 6 nitrogen and oxygen atoms in total. The van der Waals surface area contributed by atoms with Gasteiger partial charge in [0.05, 0.1) is 11.8 Å². The van der Waals surface area contributed by atoms with Gasteiger partial charge in [-0.05, 0) is 53.5 Å². The molecule has 0 spiro atoms. The monoisotopic (exact) mass is 544 g/mol. The molecule has 1 unspecified atom stereocenters. The first kappa shape index (κ1) is 28.3. The molecule has 0 saturated carbocycles. The van der Waals surface area contributed by atoms with Crippen molar-refractivity contribution < 1.29 is 17.8 Å². The Bertz CT molecular complexity index is 1510. The van der Waals surface area contributed by atoms with Crippen molar-refractivity contribution in [3.63, 3.8) is 0 Å². The van der Waals surface area contributed by atoms with Crippen LogP contribution < -0.4 is 9.80 Å². The molecule has 7 heteroatoms. The summed E-state index contributed by atoms with van der Waals surface area (Å²) in [6, 6.07) is 22.2. The Hall–Kier alpha value is -3.68. The van der Waals surface area contributed by atoms with E-state index >= 15 is 0 Å². The van der Waals surface area contributed by atoms with E-state index in [0.29, 0.717) is 19.4 Å². The van der Waals surface area contributed by atoms with Crippen molar-refractivity contribution >= 4 is 38.2 Å². The lowest BCUT2D eigenvalue weighted by molar-refractivity contribution is -0.116. The first-order chi connectivity index (χ1) is 18.6. The third kappa shape index (κ3) is 6.67. The quantitative estimate of drug-likeness (QED) is 0.176. The second-order valence-corrected chi connectivity index (χ2v) is 11.9. The summed E-state index contributed by atoms with van der Waals surface area (Å²) in [4.78, 5) is 16.0. The van der Waals surface area contributed by atoms with Crippen molar-refractivity contribution in [1.29, 1.82) is 0 Å². The fourth-order valence-electron chi connectivity index (χ4n) is 5.43. The zero-order chi connectivity index (χ0) is 28.0. The van der Waals surface area contributed by atoms with Crippen LogP contribution in [0.1, 0.15) is 39.2 Å². The zero-order valence-electron chi connectivity index (χ0n) is 22.7. The minimum Gasteiger partial charge on any atom is -0.364 e. The summed E-state index contributed by atoms with van der Waals surface area (Å²) >= 11 is 0. The standard InChI is InChI=1S/C32H36N2O4S/c1-25(35)33(27-16-7-6-8-17-27)22-12-5-4-9-19-30-32(2,3)31-28-18-11-10-15-26(28)20-21-29(31)34(30)23-13-14-24-39(36,37)38/h4-12,15-22,30H,13-14,23-24H2,1-3H3,(H,36,37,38). The van der Waals surface area contributed by atoms with Crippen molar-refractivity contribution in [1.82, 2.24) is 0 Å². The SMILES string of the molecule is CC(=O)N(C=CC=CC=CC1N(CCCCS(=O)(=O)O)c2ccc3ccccc3c2C1(C)C)c1ccccc1. The normalized spacial score (nSPS) is 17.0. The number of hydrogen-bond donors (Lipinski definition) is 1. The highest BCUT2D eigenvalue weighted by molar-refractivity contribution is 7.85. The van der Waals surface area contributed by atoms with Gasteiger partial charge >= 0.3 is 0 Å². The number of carbonyl (C=O) groups excluding carboxylic acids is 1. The number of allylic oxidation sites excluding steroid dienone is 4. The molecule has 0 aliphatic carbocycles. The molecule has 0 radical (unpaired) electrons. The van der Waals surface area contributed by atoms with Crippen molar-refractivity contribution in [2.75, 3.05) is 22.1 Å². The molecular weight excluding hydrogens is 508 g/mol. The van der Waals surface area contributed by atoms with Crippen molar-refractivity contribution in [2.24, 2.45) is 0 Å². The molecule has 0 saturated heterocycles. The molecule has 1 amide bonds. The van der Waals surface area contributed by atoms with Gasteiger partial charge < -0.3 is 4.90 Å². The molecule has 204 valence electrons. The molecule has 1 aliphatic rings. The van der Waals surface area contributed by atoms with E-state index in [9.17, 15) is 13.2 Å². The van der Waals surface area contributed by atoms with Crippen LogP contribution in [0.3, 0.4) is 0 Å². The van der Waals surface area contributed by atoms with E-state index in [0.717, 1.165) is 11.4 Å². The van der Waals surface area contributed by atoms with Crippen LogP contribution >= 0.6 is 0 Å². The number of rotatable bonds is 10. The molecular formula is C32H36N2O4S. The fraction of sp³-hybridized carbons (Fsp3) is 0.281. The second kappa shape index (κ2) is 12.0. The lowest BCUT2D eigenvalue weighted by Gasteiger charge is -2.32. The Kier molecular flexibility index (Phi) is 8.73. The lowest BCUT2D eigenvalue weighted by atomic mass is 9.78. The highest BCUT2D eigenvalue weighted by atomic mass is 32.2. The summed E-state index contributed by atoms with van der Waals surface area (Å²) < 4.78 is 31.6. The van der Waals surface area contributed by atoms with Crippen LogP contribution in [-0.4, -0.2) is 37.2 Å². The van der Waals surface area contributed by atoms with E-state index in [1.165, 1.54) is 23.3 Å². The molecule has 0 fully saturated rings. The highest BCUT2D eigenvalue weighted by Gasteiger charge is 2.43. The molecule has 0 aromatic heterocycles. The van der Waals surface area contributed by atoms with Gasteiger partial charge in [-0.2, -0.15) is 8.42 Å². The highest BCUT2D eigenvalue weighted by Crippen LogP contribution is 2.49. The van der Waals surface area contributed by atoms with Crippen molar-refractivity contribution in [2.45, 2.75) is 45.1 Å². The minimum atomic E-state index is -3.97. The van der Waals surface area contributed by atoms with E-state index in [1.54, 1.807) is 11.1 Å². The van der Waals surface area contributed by atoms with E-state index in [4.69, 9.17) is 4.55 Å². The third-order valence-electron chi connectivity index (χ3n) is 7.22. The maximum absolute atomic E-state index is 12.1. The summed E-state index contributed by atoms with van der Waals surface area (Å²) in [5.41, 5.74) is 3.06.